The quantitative estimate of drug-likeness (QED) is 0.727. The van der Waals surface area contributed by atoms with Crippen LogP contribution in [0.4, 0.5) is 0 Å². The third-order valence-corrected chi connectivity index (χ3v) is 2.63. The molecule has 0 aliphatic rings. The van der Waals surface area contributed by atoms with E-state index >= 15 is 0 Å². The summed E-state index contributed by atoms with van der Waals surface area (Å²) in [5, 5.41) is 0. The average molecular weight is 193 g/mol. The second-order valence-electron chi connectivity index (χ2n) is 3.77. The van der Waals surface area contributed by atoms with Crippen molar-refractivity contribution in [3.8, 4) is 0 Å². The van der Waals surface area contributed by atoms with Crippen molar-refractivity contribution < 1.29 is 4.74 Å². The van der Waals surface area contributed by atoms with Crippen LogP contribution in [0.25, 0.3) is 0 Å². The van der Waals surface area contributed by atoms with Crippen LogP contribution in [0.1, 0.15) is 18.6 Å². The van der Waals surface area contributed by atoms with Gasteiger partial charge >= 0.3 is 0 Å². The number of benzene rings is 1. The highest BCUT2D eigenvalue weighted by atomic mass is 16.5. The van der Waals surface area contributed by atoms with Gasteiger partial charge in [-0.25, -0.2) is 0 Å². The fourth-order valence-electron chi connectivity index (χ4n) is 1.53. The summed E-state index contributed by atoms with van der Waals surface area (Å²) < 4.78 is 5.52. The lowest BCUT2D eigenvalue weighted by molar-refractivity contribution is 0.0388. The zero-order valence-electron chi connectivity index (χ0n) is 9.40. The van der Waals surface area contributed by atoms with Crippen molar-refractivity contribution in [1.82, 2.24) is 4.90 Å². The Morgan fingerprint density at radius 1 is 1.14 bits per heavy atom. The molecule has 2 heteroatoms. The standard InChI is InChI=1S/C12H19NO/c1-10(13(2)3)12(14-4)11-8-6-5-7-9-11/h5-10,12H,1-4H3/t10-,12-/m1/s1. The number of likely N-dealkylation sites (N-methyl/N-ethyl adjacent to an activating group) is 1. The molecule has 0 saturated carbocycles. The number of hydrogen-bond acceptors (Lipinski definition) is 2. The van der Waals surface area contributed by atoms with E-state index in [2.05, 4.69) is 38.1 Å². The van der Waals surface area contributed by atoms with Crippen LogP contribution in [-0.2, 0) is 4.74 Å². The number of nitrogens with zero attached hydrogens (tertiary/aromatic N) is 1. The molecule has 0 spiro atoms. The molecule has 0 fully saturated rings. The van der Waals surface area contributed by atoms with Gasteiger partial charge in [-0.3, -0.25) is 0 Å². The summed E-state index contributed by atoms with van der Waals surface area (Å²) >= 11 is 0. The Bertz CT molecular complexity index is 258. The minimum Gasteiger partial charge on any atom is -0.375 e. The van der Waals surface area contributed by atoms with E-state index in [0.29, 0.717) is 6.04 Å². The minimum atomic E-state index is 0.145. The van der Waals surface area contributed by atoms with Gasteiger partial charge in [0.2, 0.25) is 0 Å². The van der Waals surface area contributed by atoms with Crippen LogP contribution in [0.5, 0.6) is 0 Å². The molecule has 1 rings (SSSR count). The van der Waals surface area contributed by atoms with E-state index in [4.69, 9.17) is 4.74 Å². The predicted octanol–water partition coefficient (Wildman–Crippen LogP) is 2.32. The predicted molar refractivity (Wildman–Crippen MR) is 59.3 cm³/mol. The molecule has 0 heterocycles. The largest absolute Gasteiger partial charge is 0.375 e. The molecular formula is C12H19NO. The lowest BCUT2D eigenvalue weighted by Gasteiger charge is -2.28. The molecule has 2 atom stereocenters. The molecule has 0 amide bonds. The number of ether oxygens (including phenoxy) is 1. The Kier molecular flexibility index (Phi) is 4.11. The summed E-state index contributed by atoms with van der Waals surface area (Å²) in [5.74, 6) is 0. The van der Waals surface area contributed by atoms with Gasteiger partial charge in [0.05, 0.1) is 6.10 Å². The lowest BCUT2D eigenvalue weighted by Crippen LogP contribution is -2.32. The van der Waals surface area contributed by atoms with Crippen molar-refractivity contribution in [3.63, 3.8) is 0 Å². The molecule has 0 saturated heterocycles. The molecule has 0 unspecified atom stereocenters. The maximum absolute atomic E-state index is 5.52. The molecule has 0 aliphatic carbocycles. The van der Waals surface area contributed by atoms with Crippen molar-refractivity contribution in [1.29, 1.82) is 0 Å². The van der Waals surface area contributed by atoms with Crippen LogP contribution < -0.4 is 0 Å². The van der Waals surface area contributed by atoms with Crippen molar-refractivity contribution in [3.05, 3.63) is 35.9 Å². The second-order valence-corrected chi connectivity index (χ2v) is 3.77. The van der Waals surface area contributed by atoms with Crippen LogP contribution >= 0.6 is 0 Å². The molecule has 14 heavy (non-hydrogen) atoms. The number of rotatable bonds is 4. The van der Waals surface area contributed by atoms with Gasteiger partial charge in [-0.05, 0) is 26.6 Å². The second kappa shape index (κ2) is 5.13. The Morgan fingerprint density at radius 2 is 1.71 bits per heavy atom. The van der Waals surface area contributed by atoms with Gasteiger partial charge in [-0.1, -0.05) is 30.3 Å². The minimum absolute atomic E-state index is 0.145. The maximum Gasteiger partial charge on any atom is 0.0973 e. The Morgan fingerprint density at radius 3 is 2.14 bits per heavy atom. The fourth-order valence-corrected chi connectivity index (χ4v) is 1.53. The van der Waals surface area contributed by atoms with Crippen LogP contribution in [0, 0.1) is 0 Å². The summed E-state index contributed by atoms with van der Waals surface area (Å²) in [6.45, 7) is 2.17. The first-order valence-electron chi connectivity index (χ1n) is 4.91. The topological polar surface area (TPSA) is 12.5 Å². The molecule has 1 aromatic rings. The van der Waals surface area contributed by atoms with Crippen molar-refractivity contribution in [2.45, 2.75) is 19.1 Å². The number of hydrogen-bond donors (Lipinski definition) is 0. The average Bonchev–Trinajstić information content (AvgIpc) is 2.20. The van der Waals surface area contributed by atoms with Gasteiger partial charge in [0.1, 0.15) is 0 Å². The fraction of sp³-hybridized carbons (Fsp3) is 0.500. The third kappa shape index (κ3) is 2.56. The third-order valence-electron chi connectivity index (χ3n) is 2.63. The van der Waals surface area contributed by atoms with Crippen molar-refractivity contribution in [2.75, 3.05) is 21.2 Å². The highest BCUT2D eigenvalue weighted by Gasteiger charge is 2.19. The van der Waals surface area contributed by atoms with E-state index in [1.165, 1.54) is 5.56 Å². The molecule has 0 radical (unpaired) electrons. The van der Waals surface area contributed by atoms with E-state index < -0.39 is 0 Å². The highest BCUT2D eigenvalue weighted by Crippen LogP contribution is 2.22. The lowest BCUT2D eigenvalue weighted by atomic mass is 10.0. The molecule has 78 valence electrons. The molecule has 0 bridgehead atoms. The SMILES string of the molecule is CO[C@@H](c1ccccc1)[C@@H](C)N(C)C. The van der Waals surface area contributed by atoms with Gasteiger partial charge in [-0.2, -0.15) is 0 Å². The van der Waals surface area contributed by atoms with Gasteiger partial charge < -0.3 is 9.64 Å². The zero-order valence-corrected chi connectivity index (χ0v) is 9.40. The summed E-state index contributed by atoms with van der Waals surface area (Å²) in [6.07, 6.45) is 0.145. The first-order chi connectivity index (χ1) is 6.66. The van der Waals surface area contributed by atoms with Crippen LogP contribution in [-0.4, -0.2) is 32.1 Å². The first kappa shape index (κ1) is 11.2. The molecule has 1 aromatic carbocycles. The molecule has 0 N–H and O–H groups in total. The van der Waals surface area contributed by atoms with Gasteiger partial charge in [-0.15, -0.1) is 0 Å². The first-order valence-corrected chi connectivity index (χ1v) is 4.91. The molecule has 2 nitrogen and oxygen atoms in total. The zero-order chi connectivity index (χ0) is 10.6. The van der Waals surface area contributed by atoms with Gasteiger partial charge in [0.25, 0.3) is 0 Å². The van der Waals surface area contributed by atoms with Gasteiger partial charge in [0.15, 0.2) is 0 Å². The van der Waals surface area contributed by atoms with E-state index in [-0.39, 0.29) is 6.10 Å². The Hall–Kier alpha value is -0.860. The Balaban J connectivity index is 2.82. The molecular weight excluding hydrogens is 174 g/mol. The van der Waals surface area contributed by atoms with E-state index in [0.717, 1.165) is 0 Å². The summed E-state index contributed by atoms with van der Waals surface area (Å²) in [5.41, 5.74) is 1.23. The van der Waals surface area contributed by atoms with E-state index in [9.17, 15) is 0 Å². The van der Waals surface area contributed by atoms with Gasteiger partial charge in [0, 0.05) is 13.2 Å². The van der Waals surface area contributed by atoms with Crippen LogP contribution in [0.2, 0.25) is 0 Å². The van der Waals surface area contributed by atoms with Crippen LogP contribution in [0.15, 0.2) is 30.3 Å². The van der Waals surface area contributed by atoms with Crippen LogP contribution in [0.3, 0.4) is 0 Å². The van der Waals surface area contributed by atoms with E-state index in [1.807, 2.05) is 18.2 Å². The monoisotopic (exact) mass is 193 g/mol. The highest BCUT2D eigenvalue weighted by molar-refractivity contribution is 5.18. The summed E-state index contributed by atoms with van der Waals surface area (Å²) in [6, 6.07) is 10.7. The number of methoxy groups -OCH3 is 1. The Labute approximate surface area is 86.5 Å². The summed E-state index contributed by atoms with van der Waals surface area (Å²) in [7, 11) is 5.90. The van der Waals surface area contributed by atoms with Crippen molar-refractivity contribution in [2.24, 2.45) is 0 Å². The van der Waals surface area contributed by atoms with Crippen molar-refractivity contribution >= 4 is 0 Å². The molecule has 0 aliphatic heterocycles. The van der Waals surface area contributed by atoms with E-state index in [1.54, 1.807) is 7.11 Å². The smallest absolute Gasteiger partial charge is 0.0973 e. The normalized spacial score (nSPS) is 15.5. The summed E-state index contributed by atoms with van der Waals surface area (Å²) in [4.78, 5) is 2.17. The maximum atomic E-state index is 5.52. The molecule has 0 aromatic heterocycles.